The van der Waals surface area contributed by atoms with Crippen LogP contribution >= 0.6 is 0 Å². The van der Waals surface area contributed by atoms with Crippen LogP contribution in [0.5, 0.6) is 5.75 Å². The van der Waals surface area contributed by atoms with E-state index >= 15 is 0 Å². The van der Waals surface area contributed by atoms with Crippen molar-refractivity contribution < 1.29 is 13.9 Å². The maximum Gasteiger partial charge on any atom is 0.228 e. The number of carbonyl (C=O) groups is 1. The molecule has 1 saturated carbocycles. The smallest absolute Gasteiger partial charge is 0.228 e. The number of nitrogens with zero attached hydrogens (tertiary/aromatic N) is 2. The maximum atomic E-state index is 13.5. The summed E-state index contributed by atoms with van der Waals surface area (Å²) < 4.78 is 18.8. The topological polar surface area (TPSA) is 76.1 Å². The van der Waals surface area contributed by atoms with Gasteiger partial charge in [0.05, 0.1) is 7.11 Å². The van der Waals surface area contributed by atoms with E-state index in [-0.39, 0.29) is 17.6 Å². The number of aromatic nitrogens is 2. The zero-order chi connectivity index (χ0) is 21.6. The van der Waals surface area contributed by atoms with Crippen LogP contribution in [0.3, 0.4) is 0 Å². The van der Waals surface area contributed by atoms with Gasteiger partial charge in [0.1, 0.15) is 23.2 Å². The summed E-state index contributed by atoms with van der Waals surface area (Å²) in [5, 5.41) is 6.37. The van der Waals surface area contributed by atoms with E-state index in [4.69, 9.17) is 4.74 Å². The summed E-state index contributed by atoms with van der Waals surface area (Å²) in [4.78, 5) is 21.4. The van der Waals surface area contributed by atoms with Gasteiger partial charge in [-0.25, -0.2) is 14.4 Å². The molecule has 2 heterocycles. The fourth-order valence-electron chi connectivity index (χ4n) is 3.96. The summed E-state index contributed by atoms with van der Waals surface area (Å²) >= 11 is 0. The normalized spacial score (nSPS) is 18.3. The first-order chi connectivity index (χ1) is 15.1. The number of halogens is 1. The standard InChI is InChI=1S/C24H25FN4O2/c1-31-21-15-18(25)7-10-20(21)17-11-13-27-23(14-17)29-24(30)16-5-8-19(9-6-16)28-22-4-2-3-12-26-22/h2-4,7,10-16,19H,5-6,8-9H2,1H3,(H,26,28)(H,27,29,30). The first-order valence-corrected chi connectivity index (χ1v) is 10.4. The van der Waals surface area contributed by atoms with Crippen molar-refractivity contribution in [3.05, 3.63) is 66.7 Å². The number of methoxy groups -OCH3 is 1. The Labute approximate surface area is 180 Å². The molecule has 31 heavy (non-hydrogen) atoms. The average molecular weight is 420 g/mol. The molecular weight excluding hydrogens is 395 g/mol. The minimum absolute atomic E-state index is 0.0213. The summed E-state index contributed by atoms with van der Waals surface area (Å²) in [6.07, 6.45) is 6.83. The van der Waals surface area contributed by atoms with Crippen LogP contribution in [0, 0.1) is 11.7 Å². The maximum absolute atomic E-state index is 13.5. The molecule has 160 valence electrons. The zero-order valence-corrected chi connectivity index (χ0v) is 17.3. The van der Waals surface area contributed by atoms with Crippen molar-refractivity contribution in [3.8, 4) is 16.9 Å². The summed E-state index contributed by atoms with van der Waals surface area (Å²) in [5.74, 6) is 1.34. The van der Waals surface area contributed by atoms with Gasteiger partial charge in [-0.1, -0.05) is 6.07 Å². The van der Waals surface area contributed by atoms with Crippen LogP contribution in [0.1, 0.15) is 25.7 Å². The molecule has 1 aromatic carbocycles. The number of anilines is 2. The second kappa shape index (κ2) is 9.55. The van der Waals surface area contributed by atoms with Gasteiger partial charge in [0.2, 0.25) is 5.91 Å². The number of pyridine rings is 2. The predicted octanol–water partition coefficient (Wildman–Crippen LogP) is 4.90. The van der Waals surface area contributed by atoms with Crippen LogP contribution in [0.2, 0.25) is 0 Å². The minimum atomic E-state index is -0.365. The largest absolute Gasteiger partial charge is 0.496 e. The van der Waals surface area contributed by atoms with Crippen LogP contribution in [0.4, 0.5) is 16.0 Å². The molecule has 2 N–H and O–H groups in total. The monoisotopic (exact) mass is 420 g/mol. The molecule has 0 aliphatic heterocycles. The second-order valence-electron chi connectivity index (χ2n) is 7.67. The number of benzene rings is 1. The van der Waals surface area contributed by atoms with E-state index < -0.39 is 0 Å². The molecule has 1 aliphatic carbocycles. The van der Waals surface area contributed by atoms with Gasteiger partial charge >= 0.3 is 0 Å². The molecule has 1 amide bonds. The highest BCUT2D eigenvalue weighted by molar-refractivity contribution is 5.92. The lowest BCUT2D eigenvalue weighted by atomic mass is 9.85. The number of hydrogen-bond acceptors (Lipinski definition) is 5. The molecule has 0 bridgehead atoms. The van der Waals surface area contributed by atoms with Crippen LogP contribution in [-0.4, -0.2) is 29.0 Å². The number of nitrogens with one attached hydrogen (secondary N) is 2. The SMILES string of the molecule is COc1cc(F)ccc1-c1ccnc(NC(=O)C2CCC(Nc3ccccn3)CC2)c1. The Balaban J connectivity index is 1.37. The highest BCUT2D eigenvalue weighted by Gasteiger charge is 2.26. The number of carbonyl (C=O) groups excluding carboxylic acids is 1. The Morgan fingerprint density at radius 1 is 1.00 bits per heavy atom. The Morgan fingerprint density at radius 3 is 2.55 bits per heavy atom. The van der Waals surface area contributed by atoms with E-state index in [0.29, 0.717) is 17.6 Å². The van der Waals surface area contributed by atoms with Gasteiger partial charge in [0.15, 0.2) is 0 Å². The minimum Gasteiger partial charge on any atom is -0.496 e. The van der Waals surface area contributed by atoms with Crippen molar-refractivity contribution in [3.63, 3.8) is 0 Å². The number of amides is 1. The molecule has 0 spiro atoms. The molecule has 1 fully saturated rings. The van der Waals surface area contributed by atoms with Crippen LogP contribution < -0.4 is 15.4 Å². The molecule has 0 atom stereocenters. The van der Waals surface area contributed by atoms with Crippen molar-refractivity contribution in [2.45, 2.75) is 31.7 Å². The van der Waals surface area contributed by atoms with Gasteiger partial charge in [-0.05, 0) is 67.6 Å². The van der Waals surface area contributed by atoms with Gasteiger partial charge < -0.3 is 15.4 Å². The zero-order valence-electron chi connectivity index (χ0n) is 17.3. The Kier molecular flexibility index (Phi) is 6.40. The van der Waals surface area contributed by atoms with Crippen molar-refractivity contribution in [2.75, 3.05) is 17.7 Å². The predicted molar refractivity (Wildman–Crippen MR) is 118 cm³/mol. The molecule has 4 rings (SSSR count). The van der Waals surface area contributed by atoms with Crippen molar-refractivity contribution >= 4 is 17.5 Å². The van der Waals surface area contributed by atoms with Crippen LogP contribution in [0.15, 0.2) is 60.9 Å². The number of hydrogen-bond donors (Lipinski definition) is 2. The third kappa shape index (κ3) is 5.17. The second-order valence-corrected chi connectivity index (χ2v) is 7.67. The molecule has 7 heteroatoms. The molecule has 2 aromatic heterocycles. The van der Waals surface area contributed by atoms with E-state index in [0.717, 1.165) is 42.6 Å². The van der Waals surface area contributed by atoms with Crippen molar-refractivity contribution in [1.82, 2.24) is 9.97 Å². The lowest BCUT2D eigenvalue weighted by Crippen LogP contribution is -2.32. The third-order valence-corrected chi connectivity index (χ3v) is 5.60. The van der Waals surface area contributed by atoms with E-state index in [1.54, 1.807) is 30.6 Å². The highest BCUT2D eigenvalue weighted by atomic mass is 19.1. The molecular formula is C24H25FN4O2. The molecule has 0 radical (unpaired) electrons. The van der Waals surface area contributed by atoms with E-state index in [1.165, 1.54) is 19.2 Å². The summed E-state index contributed by atoms with van der Waals surface area (Å²) in [7, 11) is 1.50. The highest BCUT2D eigenvalue weighted by Crippen LogP contribution is 2.32. The van der Waals surface area contributed by atoms with Crippen LogP contribution in [-0.2, 0) is 4.79 Å². The first-order valence-electron chi connectivity index (χ1n) is 10.4. The lowest BCUT2D eigenvalue weighted by molar-refractivity contribution is -0.120. The third-order valence-electron chi connectivity index (χ3n) is 5.60. The summed E-state index contributed by atoms with van der Waals surface area (Å²) in [6, 6.07) is 14.1. The number of rotatable bonds is 6. The molecule has 1 aliphatic rings. The van der Waals surface area contributed by atoms with Gasteiger partial charge in [-0.15, -0.1) is 0 Å². The van der Waals surface area contributed by atoms with Gasteiger partial charge in [-0.3, -0.25) is 4.79 Å². The first kappa shape index (κ1) is 20.8. The van der Waals surface area contributed by atoms with E-state index in [2.05, 4.69) is 20.6 Å². The lowest BCUT2D eigenvalue weighted by Gasteiger charge is -2.28. The van der Waals surface area contributed by atoms with Gasteiger partial charge in [0, 0.05) is 36.0 Å². The number of ether oxygens (including phenoxy) is 1. The quantitative estimate of drug-likeness (QED) is 0.593. The van der Waals surface area contributed by atoms with Gasteiger partial charge in [0.25, 0.3) is 0 Å². The van der Waals surface area contributed by atoms with E-state index in [9.17, 15) is 9.18 Å². The Hall–Kier alpha value is -3.48. The average Bonchev–Trinajstić information content (AvgIpc) is 2.80. The van der Waals surface area contributed by atoms with Crippen LogP contribution in [0.25, 0.3) is 11.1 Å². The molecule has 6 nitrogen and oxygen atoms in total. The fraction of sp³-hybridized carbons (Fsp3) is 0.292. The van der Waals surface area contributed by atoms with Crippen molar-refractivity contribution in [1.29, 1.82) is 0 Å². The molecule has 0 unspecified atom stereocenters. The Morgan fingerprint density at radius 2 is 1.81 bits per heavy atom. The van der Waals surface area contributed by atoms with E-state index in [1.807, 2.05) is 18.2 Å². The fourth-order valence-corrected chi connectivity index (χ4v) is 3.96. The molecule has 3 aromatic rings. The van der Waals surface area contributed by atoms with Gasteiger partial charge in [-0.2, -0.15) is 0 Å². The molecule has 0 saturated heterocycles. The summed E-state index contributed by atoms with van der Waals surface area (Å²) in [6.45, 7) is 0. The van der Waals surface area contributed by atoms with Crippen molar-refractivity contribution in [2.24, 2.45) is 5.92 Å². The summed E-state index contributed by atoms with van der Waals surface area (Å²) in [5.41, 5.74) is 1.54. The Bertz CT molecular complexity index is 1040.